The van der Waals surface area contributed by atoms with Crippen LogP contribution in [0.1, 0.15) is 31.1 Å². The van der Waals surface area contributed by atoms with Crippen molar-refractivity contribution in [2.75, 3.05) is 6.61 Å². The third-order valence-electron chi connectivity index (χ3n) is 2.94. The van der Waals surface area contributed by atoms with Gasteiger partial charge in [-0.1, -0.05) is 32.0 Å². The highest BCUT2D eigenvalue weighted by Gasteiger charge is 2.09. The van der Waals surface area contributed by atoms with Crippen molar-refractivity contribution in [2.24, 2.45) is 0 Å². The van der Waals surface area contributed by atoms with Crippen LogP contribution in [0.4, 0.5) is 0 Å². The summed E-state index contributed by atoms with van der Waals surface area (Å²) in [5, 5.41) is 2.75. The molecule has 0 saturated heterocycles. The molecule has 0 fully saturated rings. The van der Waals surface area contributed by atoms with E-state index in [1.54, 1.807) is 12.3 Å². The van der Waals surface area contributed by atoms with E-state index in [0.717, 1.165) is 17.1 Å². The quantitative estimate of drug-likeness (QED) is 0.880. The number of para-hydroxylation sites is 1. The van der Waals surface area contributed by atoms with Crippen LogP contribution in [0, 0.1) is 0 Å². The number of furan rings is 1. The van der Waals surface area contributed by atoms with E-state index in [1.807, 2.05) is 30.3 Å². The maximum atomic E-state index is 11.7. The molecule has 2 aromatic rings. The number of amides is 1. The van der Waals surface area contributed by atoms with Crippen LogP contribution in [0.5, 0.6) is 5.75 Å². The lowest BCUT2D eigenvalue weighted by Gasteiger charge is -2.13. The van der Waals surface area contributed by atoms with Crippen LogP contribution in [0.3, 0.4) is 0 Å². The molecule has 0 atom stereocenters. The van der Waals surface area contributed by atoms with Gasteiger partial charge >= 0.3 is 0 Å². The Kier molecular flexibility index (Phi) is 4.82. The molecular formula is C16H19NO3. The van der Waals surface area contributed by atoms with Gasteiger partial charge in [0.1, 0.15) is 11.5 Å². The molecule has 0 aliphatic rings. The first kappa shape index (κ1) is 14.2. The first-order valence-electron chi connectivity index (χ1n) is 6.67. The van der Waals surface area contributed by atoms with Crippen LogP contribution in [0.2, 0.25) is 0 Å². The number of ether oxygens (including phenoxy) is 1. The summed E-state index contributed by atoms with van der Waals surface area (Å²) >= 11 is 0. The number of benzene rings is 1. The Morgan fingerprint density at radius 1 is 1.25 bits per heavy atom. The van der Waals surface area contributed by atoms with Crippen molar-refractivity contribution >= 4 is 5.91 Å². The number of hydrogen-bond acceptors (Lipinski definition) is 3. The van der Waals surface area contributed by atoms with Crippen molar-refractivity contribution in [3.63, 3.8) is 0 Å². The SMILES string of the molecule is CC(C)c1ccccc1OCC(=O)NCc1ccco1. The summed E-state index contributed by atoms with van der Waals surface area (Å²) in [6.45, 7) is 4.57. The van der Waals surface area contributed by atoms with Gasteiger partial charge in [0, 0.05) is 0 Å². The number of nitrogens with one attached hydrogen (secondary N) is 1. The third-order valence-corrected chi connectivity index (χ3v) is 2.94. The Morgan fingerprint density at radius 2 is 2.05 bits per heavy atom. The Balaban J connectivity index is 1.84. The van der Waals surface area contributed by atoms with Crippen LogP contribution in [-0.2, 0) is 11.3 Å². The molecule has 2 rings (SSSR count). The number of rotatable bonds is 6. The van der Waals surface area contributed by atoms with Crippen molar-refractivity contribution < 1.29 is 13.9 Å². The van der Waals surface area contributed by atoms with E-state index in [1.165, 1.54) is 0 Å². The van der Waals surface area contributed by atoms with Gasteiger partial charge in [0.2, 0.25) is 0 Å². The molecule has 0 bridgehead atoms. The van der Waals surface area contributed by atoms with Crippen molar-refractivity contribution in [2.45, 2.75) is 26.3 Å². The average molecular weight is 273 g/mol. The van der Waals surface area contributed by atoms with Crippen LogP contribution in [-0.4, -0.2) is 12.5 Å². The summed E-state index contributed by atoms with van der Waals surface area (Å²) in [6, 6.07) is 11.4. The molecule has 4 heteroatoms. The van der Waals surface area contributed by atoms with Crippen LogP contribution >= 0.6 is 0 Å². The van der Waals surface area contributed by atoms with Crippen molar-refractivity contribution in [3.8, 4) is 5.75 Å². The van der Waals surface area contributed by atoms with Crippen molar-refractivity contribution in [1.82, 2.24) is 5.32 Å². The second-order valence-electron chi connectivity index (χ2n) is 4.84. The minimum atomic E-state index is -0.167. The standard InChI is InChI=1S/C16H19NO3/c1-12(2)14-7-3-4-8-15(14)20-11-16(18)17-10-13-6-5-9-19-13/h3-9,12H,10-11H2,1-2H3,(H,17,18). The predicted molar refractivity (Wildman–Crippen MR) is 76.6 cm³/mol. The lowest BCUT2D eigenvalue weighted by Crippen LogP contribution is -2.28. The zero-order valence-electron chi connectivity index (χ0n) is 11.8. The van der Waals surface area contributed by atoms with E-state index in [-0.39, 0.29) is 12.5 Å². The molecule has 0 aliphatic heterocycles. The highest BCUT2D eigenvalue weighted by molar-refractivity contribution is 5.77. The van der Waals surface area contributed by atoms with Gasteiger partial charge in [0.25, 0.3) is 5.91 Å². The topological polar surface area (TPSA) is 51.5 Å². The number of carbonyl (C=O) groups excluding carboxylic acids is 1. The Labute approximate surface area is 118 Å². The predicted octanol–water partition coefficient (Wildman–Crippen LogP) is 3.10. The fraction of sp³-hybridized carbons (Fsp3) is 0.312. The maximum absolute atomic E-state index is 11.7. The van der Waals surface area contributed by atoms with E-state index in [4.69, 9.17) is 9.15 Å². The molecule has 1 N–H and O–H groups in total. The third kappa shape index (κ3) is 3.88. The normalized spacial score (nSPS) is 10.6. The molecule has 1 aromatic heterocycles. The van der Waals surface area contributed by atoms with Gasteiger partial charge < -0.3 is 14.5 Å². The lowest BCUT2D eigenvalue weighted by atomic mass is 10.0. The Hall–Kier alpha value is -2.23. The first-order valence-corrected chi connectivity index (χ1v) is 6.67. The Bertz CT molecular complexity index is 547. The van der Waals surface area contributed by atoms with Crippen molar-refractivity contribution in [3.05, 3.63) is 54.0 Å². The molecule has 1 heterocycles. The summed E-state index contributed by atoms with van der Waals surface area (Å²) in [5.41, 5.74) is 1.10. The highest BCUT2D eigenvalue weighted by atomic mass is 16.5. The molecule has 0 radical (unpaired) electrons. The van der Waals surface area contributed by atoms with Crippen molar-refractivity contribution in [1.29, 1.82) is 0 Å². The molecule has 4 nitrogen and oxygen atoms in total. The summed E-state index contributed by atoms with van der Waals surface area (Å²) < 4.78 is 10.7. The molecule has 0 saturated carbocycles. The zero-order valence-corrected chi connectivity index (χ0v) is 11.8. The average Bonchev–Trinajstić information content (AvgIpc) is 2.96. The summed E-state index contributed by atoms with van der Waals surface area (Å²) in [4.78, 5) is 11.7. The van der Waals surface area contributed by atoms with Crippen LogP contribution < -0.4 is 10.1 Å². The van der Waals surface area contributed by atoms with E-state index in [9.17, 15) is 4.79 Å². The van der Waals surface area contributed by atoms with Gasteiger partial charge in [-0.15, -0.1) is 0 Å². The smallest absolute Gasteiger partial charge is 0.258 e. The highest BCUT2D eigenvalue weighted by Crippen LogP contribution is 2.25. The van der Waals surface area contributed by atoms with Gasteiger partial charge in [0.05, 0.1) is 12.8 Å². The molecule has 0 unspecified atom stereocenters. The minimum Gasteiger partial charge on any atom is -0.483 e. The van der Waals surface area contributed by atoms with Gasteiger partial charge in [-0.3, -0.25) is 4.79 Å². The van der Waals surface area contributed by atoms with Gasteiger partial charge in [-0.05, 0) is 29.7 Å². The van der Waals surface area contributed by atoms with E-state index < -0.39 is 0 Å². The molecular weight excluding hydrogens is 254 g/mol. The molecule has 1 amide bonds. The fourth-order valence-corrected chi connectivity index (χ4v) is 1.88. The van der Waals surface area contributed by atoms with Crippen LogP contribution in [0.15, 0.2) is 47.1 Å². The second-order valence-corrected chi connectivity index (χ2v) is 4.84. The summed E-state index contributed by atoms with van der Waals surface area (Å²) in [7, 11) is 0. The molecule has 20 heavy (non-hydrogen) atoms. The van der Waals surface area contributed by atoms with E-state index in [2.05, 4.69) is 19.2 Å². The molecule has 106 valence electrons. The summed E-state index contributed by atoms with van der Waals surface area (Å²) in [5.74, 6) is 1.67. The molecule has 0 spiro atoms. The molecule has 0 aliphatic carbocycles. The lowest BCUT2D eigenvalue weighted by molar-refractivity contribution is -0.123. The Morgan fingerprint density at radius 3 is 2.75 bits per heavy atom. The largest absolute Gasteiger partial charge is 0.483 e. The molecule has 1 aromatic carbocycles. The monoisotopic (exact) mass is 273 g/mol. The van der Waals surface area contributed by atoms with Gasteiger partial charge in [0.15, 0.2) is 6.61 Å². The number of hydrogen-bond donors (Lipinski definition) is 1. The fourth-order valence-electron chi connectivity index (χ4n) is 1.88. The van der Waals surface area contributed by atoms with Gasteiger partial charge in [-0.2, -0.15) is 0 Å². The second kappa shape index (κ2) is 6.80. The zero-order chi connectivity index (χ0) is 14.4. The first-order chi connectivity index (χ1) is 9.66. The number of carbonyl (C=O) groups is 1. The summed E-state index contributed by atoms with van der Waals surface area (Å²) in [6.07, 6.45) is 1.58. The minimum absolute atomic E-state index is 0.00441. The van der Waals surface area contributed by atoms with E-state index in [0.29, 0.717) is 12.5 Å². The van der Waals surface area contributed by atoms with Crippen LogP contribution in [0.25, 0.3) is 0 Å². The van der Waals surface area contributed by atoms with E-state index >= 15 is 0 Å². The maximum Gasteiger partial charge on any atom is 0.258 e. The van der Waals surface area contributed by atoms with Gasteiger partial charge in [-0.25, -0.2) is 0 Å².